The lowest BCUT2D eigenvalue weighted by atomic mass is 10.3. The third kappa shape index (κ3) is 2.63. The molecule has 7 heteroatoms. The number of nitrogens with one attached hydrogen (secondary N) is 1. The third-order valence-electron chi connectivity index (χ3n) is 1.84. The third-order valence-corrected chi connectivity index (χ3v) is 3.72. The molecule has 2 heterocycles. The topological polar surface area (TPSA) is 76.7 Å². The molecule has 0 aliphatic carbocycles. The molecular weight excluding hydrogens is 230 g/mol. The molecule has 0 fully saturated rings. The molecule has 0 spiro atoms. The molecule has 2 aromatic heterocycles. The average molecular weight is 241 g/mol. The molecule has 0 saturated carbocycles. The van der Waals surface area contributed by atoms with Crippen molar-refractivity contribution < 1.29 is 0 Å². The molecule has 0 radical (unpaired) electrons. The molecule has 0 aromatic carbocycles. The summed E-state index contributed by atoms with van der Waals surface area (Å²) in [6.45, 7) is 0. The number of thiazole rings is 1. The lowest BCUT2D eigenvalue weighted by Gasteiger charge is -1.91. The van der Waals surface area contributed by atoms with E-state index in [2.05, 4.69) is 20.5 Å². The van der Waals surface area contributed by atoms with Crippen LogP contribution in [0.3, 0.4) is 0 Å². The lowest BCUT2D eigenvalue weighted by molar-refractivity contribution is 0.915. The van der Waals surface area contributed by atoms with E-state index in [-0.39, 0.29) is 0 Å². The maximum atomic E-state index is 5.50. The molecule has 2 aromatic rings. The molecule has 0 aliphatic rings. The van der Waals surface area contributed by atoms with Crippen molar-refractivity contribution in [3.63, 3.8) is 0 Å². The Hall–Kier alpha value is -1.21. The van der Waals surface area contributed by atoms with Gasteiger partial charge in [-0.1, -0.05) is 11.3 Å². The van der Waals surface area contributed by atoms with Crippen LogP contribution in [0.2, 0.25) is 0 Å². The molecular formula is C8H11N5S2. The van der Waals surface area contributed by atoms with Crippen molar-refractivity contribution in [2.75, 3.05) is 18.1 Å². The van der Waals surface area contributed by atoms with Gasteiger partial charge in [-0.3, -0.25) is 0 Å². The van der Waals surface area contributed by atoms with Crippen LogP contribution in [0.25, 0.3) is 0 Å². The zero-order valence-corrected chi connectivity index (χ0v) is 9.86. The Balaban J connectivity index is 1.93. The van der Waals surface area contributed by atoms with Gasteiger partial charge in [-0.25, -0.2) is 4.98 Å². The Kier molecular flexibility index (Phi) is 3.12. The Morgan fingerprint density at radius 1 is 1.33 bits per heavy atom. The van der Waals surface area contributed by atoms with E-state index in [1.165, 1.54) is 16.2 Å². The highest BCUT2D eigenvalue weighted by molar-refractivity contribution is 7.15. The number of hydrogen-bond donors (Lipinski definition) is 2. The smallest absolute Gasteiger partial charge is 0.203 e. The second-order valence-electron chi connectivity index (χ2n) is 2.92. The van der Waals surface area contributed by atoms with Crippen LogP contribution in [0.1, 0.15) is 9.88 Å². The van der Waals surface area contributed by atoms with Crippen molar-refractivity contribution in [3.05, 3.63) is 16.1 Å². The predicted molar refractivity (Wildman–Crippen MR) is 63.4 cm³/mol. The largest absolute Gasteiger partial charge is 0.374 e. The Labute approximate surface area is 95.4 Å². The minimum absolute atomic E-state index is 0.533. The Bertz CT molecular complexity index is 436. The van der Waals surface area contributed by atoms with Gasteiger partial charge in [0.2, 0.25) is 5.13 Å². The molecule has 0 amide bonds. The molecule has 0 bridgehead atoms. The second kappa shape index (κ2) is 4.54. The van der Waals surface area contributed by atoms with Gasteiger partial charge in [-0.2, -0.15) is 0 Å². The minimum atomic E-state index is 0.533. The first-order valence-electron chi connectivity index (χ1n) is 4.48. The molecule has 0 unspecified atom stereocenters. The molecule has 3 N–H and O–H groups in total. The van der Waals surface area contributed by atoms with Crippen LogP contribution >= 0.6 is 22.7 Å². The highest BCUT2D eigenvalue weighted by atomic mass is 32.1. The van der Waals surface area contributed by atoms with Crippen LogP contribution in [0.15, 0.2) is 6.20 Å². The number of aromatic nitrogens is 3. The van der Waals surface area contributed by atoms with Crippen molar-refractivity contribution in [2.24, 2.45) is 0 Å². The fourth-order valence-corrected chi connectivity index (χ4v) is 2.51. The molecule has 15 heavy (non-hydrogen) atoms. The number of nitrogen functional groups attached to an aromatic ring is 1. The van der Waals surface area contributed by atoms with Crippen molar-refractivity contribution in [3.8, 4) is 0 Å². The van der Waals surface area contributed by atoms with Gasteiger partial charge in [0.25, 0.3) is 0 Å². The summed E-state index contributed by atoms with van der Waals surface area (Å²) in [6.07, 6.45) is 3.70. The van der Waals surface area contributed by atoms with E-state index in [1.807, 2.05) is 13.2 Å². The van der Waals surface area contributed by atoms with Crippen LogP contribution in [0.5, 0.6) is 0 Å². The molecule has 0 atom stereocenters. The quantitative estimate of drug-likeness (QED) is 0.846. The lowest BCUT2D eigenvalue weighted by Crippen LogP contribution is -1.87. The van der Waals surface area contributed by atoms with Gasteiger partial charge in [-0.15, -0.1) is 21.5 Å². The molecule has 0 aliphatic heterocycles. The number of nitrogens with two attached hydrogens (primary N) is 1. The van der Waals surface area contributed by atoms with Gasteiger partial charge in [0.05, 0.1) is 0 Å². The second-order valence-corrected chi connectivity index (χ2v) is 5.12. The summed E-state index contributed by atoms with van der Waals surface area (Å²) in [7, 11) is 1.87. The van der Waals surface area contributed by atoms with Crippen molar-refractivity contribution >= 4 is 32.9 Å². The van der Waals surface area contributed by atoms with E-state index in [0.29, 0.717) is 5.13 Å². The first-order chi connectivity index (χ1) is 7.28. The standard InChI is InChI=1S/C8H11N5S2/c1-10-8-11-4-5(14-8)2-3-6-12-13-7(9)15-6/h4H,2-3H2,1H3,(H2,9,13)(H,10,11). The number of rotatable bonds is 4. The van der Waals surface area contributed by atoms with Gasteiger partial charge in [0.1, 0.15) is 5.01 Å². The summed E-state index contributed by atoms with van der Waals surface area (Å²) in [6, 6.07) is 0. The zero-order valence-electron chi connectivity index (χ0n) is 8.23. The summed E-state index contributed by atoms with van der Waals surface area (Å²) in [4.78, 5) is 5.45. The number of anilines is 2. The maximum Gasteiger partial charge on any atom is 0.203 e. The van der Waals surface area contributed by atoms with E-state index in [9.17, 15) is 0 Å². The minimum Gasteiger partial charge on any atom is -0.374 e. The van der Waals surface area contributed by atoms with Gasteiger partial charge in [0, 0.05) is 24.5 Å². The van der Waals surface area contributed by atoms with Crippen LogP contribution in [-0.2, 0) is 12.8 Å². The van der Waals surface area contributed by atoms with E-state index >= 15 is 0 Å². The summed E-state index contributed by atoms with van der Waals surface area (Å²) >= 11 is 3.11. The summed E-state index contributed by atoms with van der Waals surface area (Å²) in [5, 5.41) is 13.2. The van der Waals surface area contributed by atoms with Crippen LogP contribution < -0.4 is 11.1 Å². The SMILES string of the molecule is CNc1ncc(CCc2nnc(N)s2)s1. The molecule has 0 saturated heterocycles. The predicted octanol–water partition coefficient (Wildman–Crippen LogP) is 1.40. The van der Waals surface area contributed by atoms with Crippen molar-refractivity contribution in [1.82, 2.24) is 15.2 Å². The monoisotopic (exact) mass is 241 g/mol. The van der Waals surface area contributed by atoms with Gasteiger partial charge in [0.15, 0.2) is 5.13 Å². The normalized spacial score (nSPS) is 10.5. The molecule has 5 nitrogen and oxygen atoms in total. The summed E-state index contributed by atoms with van der Waals surface area (Å²) < 4.78 is 0. The van der Waals surface area contributed by atoms with E-state index in [4.69, 9.17) is 5.73 Å². The number of hydrogen-bond acceptors (Lipinski definition) is 7. The van der Waals surface area contributed by atoms with Crippen LogP contribution in [-0.4, -0.2) is 22.2 Å². The fraction of sp³-hybridized carbons (Fsp3) is 0.375. The Morgan fingerprint density at radius 3 is 2.80 bits per heavy atom. The van der Waals surface area contributed by atoms with Gasteiger partial charge >= 0.3 is 0 Å². The molecule has 2 rings (SSSR count). The number of nitrogens with zero attached hydrogens (tertiary/aromatic N) is 3. The first kappa shape index (κ1) is 10.3. The van der Waals surface area contributed by atoms with E-state index in [0.717, 1.165) is 23.0 Å². The van der Waals surface area contributed by atoms with Crippen molar-refractivity contribution in [2.45, 2.75) is 12.8 Å². The van der Waals surface area contributed by atoms with Crippen LogP contribution in [0, 0.1) is 0 Å². The van der Waals surface area contributed by atoms with Gasteiger partial charge < -0.3 is 11.1 Å². The maximum absolute atomic E-state index is 5.50. The van der Waals surface area contributed by atoms with E-state index in [1.54, 1.807) is 11.3 Å². The molecule has 80 valence electrons. The Morgan fingerprint density at radius 2 is 2.20 bits per heavy atom. The van der Waals surface area contributed by atoms with Gasteiger partial charge in [-0.05, 0) is 6.42 Å². The van der Waals surface area contributed by atoms with Crippen LogP contribution in [0.4, 0.5) is 10.3 Å². The zero-order chi connectivity index (χ0) is 10.7. The summed E-state index contributed by atoms with van der Waals surface area (Å²) in [5.41, 5.74) is 5.50. The fourth-order valence-electron chi connectivity index (χ4n) is 1.14. The first-order valence-corrected chi connectivity index (χ1v) is 6.11. The average Bonchev–Trinajstić information content (AvgIpc) is 2.83. The van der Waals surface area contributed by atoms with E-state index < -0.39 is 0 Å². The number of aryl methyl sites for hydroxylation is 2. The highest BCUT2D eigenvalue weighted by Gasteiger charge is 2.04. The highest BCUT2D eigenvalue weighted by Crippen LogP contribution is 2.20. The summed E-state index contributed by atoms with van der Waals surface area (Å²) in [5.74, 6) is 0. The van der Waals surface area contributed by atoms with Crippen molar-refractivity contribution in [1.29, 1.82) is 0 Å².